The number of aliphatic hydroxyl groups excluding tert-OH is 1. The number of carbonyl (C=O) groups excluding carboxylic acids is 1. The Kier molecular flexibility index (Phi) is 6.37. The summed E-state index contributed by atoms with van der Waals surface area (Å²) in [6, 6.07) is 5.09. The van der Waals surface area contributed by atoms with Crippen molar-refractivity contribution in [2.24, 2.45) is 0 Å². The number of hydrogen-bond acceptors (Lipinski definition) is 6. The summed E-state index contributed by atoms with van der Waals surface area (Å²) in [7, 11) is -1.98. The summed E-state index contributed by atoms with van der Waals surface area (Å²) in [4.78, 5) is 17.8. The Morgan fingerprint density at radius 2 is 1.94 bits per heavy atom. The molecule has 10 heteroatoms. The molecule has 1 fully saturated rings. The van der Waals surface area contributed by atoms with E-state index >= 15 is 0 Å². The zero-order valence-corrected chi connectivity index (χ0v) is 21.4. The Balaban J connectivity index is 1.79. The van der Waals surface area contributed by atoms with E-state index in [1.165, 1.54) is 4.31 Å². The normalized spacial score (nSPS) is 21.0. The van der Waals surface area contributed by atoms with Gasteiger partial charge < -0.3 is 24.5 Å². The second-order valence-corrected chi connectivity index (χ2v) is 12.4. The van der Waals surface area contributed by atoms with E-state index in [1.807, 2.05) is 39.0 Å². The van der Waals surface area contributed by atoms with E-state index in [0.717, 1.165) is 22.2 Å². The first-order chi connectivity index (χ1) is 15.9. The molecule has 1 atom stereocenters. The van der Waals surface area contributed by atoms with E-state index in [9.17, 15) is 18.3 Å². The fourth-order valence-electron chi connectivity index (χ4n) is 5.27. The van der Waals surface area contributed by atoms with Gasteiger partial charge in [0, 0.05) is 47.7 Å². The molecule has 2 aromatic rings. The molecule has 2 aliphatic heterocycles. The molecule has 1 aromatic carbocycles. The summed E-state index contributed by atoms with van der Waals surface area (Å²) in [5.74, 6) is 0.644. The van der Waals surface area contributed by atoms with Crippen LogP contribution >= 0.6 is 0 Å². The summed E-state index contributed by atoms with van der Waals surface area (Å²) >= 11 is 0. The fraction of sp³-hybridized carbons (Fsp3) is 0.625. The van der Waals surface area contributed by atoms with Crippen LogP contribution < -0.4 is 4.74 Å². The number of sulfonamides is 1. The topological polar surface area (TPSA) is 112 Å². The number of hydrogen-bond donors (Lipinski definition) is 2. The average molecular weight is 494 g/mol. The first-order valence-corrected chi connectivity index (χ1v) is 13.3. The van der Waals surface area contributed by atoms with E-state index in [-0.39, 0.29) is 25.0 Å². The van der Waals surface area contributed by atoms with Gasteiger partial charge in [-0.3, -0.25) is 0 Å². The van der Waals surface area contributed by atoms with Gasteiger partial charge in [0.25, 0.3) is 0 Å². The van der Waals surface area contributed by atoms with Gasteiger partial charge in [-0.2, -0.15) is 4.31 Å². The molecule has 1 aromatic heterocycles. The Hall–Kier alpha value is -2.30. The minimum atomic E-state index is -3.58. The van der Waals surface area contributed by atoms with Gasteiger partial charge in [-0.25, -0.2) is 13.2 Å². The van der Waals surface area contributed by atoms with Crippen LogP contribution in [-0.2, 0) is 20.2 Å². The second-order valence-electron chi connectivity index (χ2n) is 10.2. The van der Waals surface area contributed by atoms with Crippen LogP contribution in [0.3, 0.4) is 0 Å². The Labute approximate surface area is 201 Å². The molecule has 1 spiro atoms. The molecular formula is C24H35N3O6S. The smallest absolute Gasteiger partial charge is 0.410 e. The summed E-state index contributed by atoms with van der Waals surface area (Å²) in [5.41, 5.74) is 1.53. The van der Waals surface area contributed by atoms with Crippen molar-refractivity contribution in [3.63, 3.8) is 0 Å². The van der Waals surface area contributed by atoms with Crippen molar-refractivity contribution < 1.29 is 27.8 Å². The third-order valence-electron chi connectivity index (χ3n) is 6.97. The molecular weight excluding hydrogens is 458 g/mol. The molecule has 0 radical (unpaired) electrons. The number of benzene rings is 1. The van der Waals surface area contributed by atoms with Gasteiger partial charge in [0.05, 0.1) is 25.5 Å². The number of methoxy groups -OCH3 is 1. The van der Waals surface area contributed by atoms with Gasteiger partial charge >= 0.3 is 6.09 Å². The number of fused-ring (bicyclic) bond motifs is 4. The zero-order valence-electron chi connectivity index (χ0n) is 20.6. The first-order valence-electron chi connectivity index (χ1n) is 11.7. The van der Waals surface area contributed by atoms with Gasteiger partial charge in [-0.1, -0.05) is 0 Å². The van der Waals surface area contributed by atoms with Gasteiger partial charge in [-0.05, 0) is 58.2 Å². The molecule has 2 N–H and O–H groups in total. The molecule has 1 saturated heterocycles. The quantitative estimate of drug-likeness (QED) is 0.677. The Bertz CT molecular complexity index is 1180. The van der Waals surface area contributed by atoms with Crippen LogP contribution in [0, 0.1) is 0 Å². The van der Waals surface area contributed by atoms with Crippen molar-refractivity contribution >= 4 is 27.0 Å². The van der Waals surface area contributed by atoms with E-state index in [4.69, 9.17) is 9.47 Å². The van der Waals surface area contributed by atoms with Crippen LogP contribution in [0.15, 0.2) is 18.2 Å². The molecule has 0 aliphatic carbocycles. The number of amides is 1. The summed E-state index contributed by atoms with van der Waals surface area (Å²) in [6.07, 6.45) is 0.825. The van der Waals surface area contributed by atoms with Crippen molar-refractivity contribution in [3.05, 3.63) is 29.5 Å². The molecule has 2 aliphatic rings. The van der Waals surface area contributed by atoms with Crippen LogP contribution in [0.1, 0.15) is 57.8 Å². The maximum atomic E-state index is 13.1. The lowest BCUT2D eigenvalue weighted by Gasteiger charge is -2.49. The van der Waals surface area contributed by atoms with Gasteiger partial charge in [-0.15, -0.1) is 0 Å². The first kappa shape index (κ1) is 24.8. The highest BCUT2D eigenvalue weighted by atomic mass is 32.2. The van der Waals surface area contributed by atoms with Crippen molar-refractivity contribution in [3.8, 4) is 5.75 Å². The Morgan fingerprint density at radius 3 is 2.50 bits per heavy atom. The van der Waals surface area contributed by atoms with E-state index < -0.39 is 27.1 Å². The second kappa shape index (κ2) is 8.73. The maximum absolute atomic E-state index is 13.1. The number of aromatic nitrogens is 1. The van der Waals surface area contributed by atoms with E-state index in [1.54, 1.807) is 18.9 Å². The molecule has 0 saturated carbocycles. The van der Waals surface area contributed by atoms with Crippen LogP contribution in [-0.4, -0.2) is 78.5 Å². The third kappa shape index (κ3) is 4.27. The number of H-pyrrole nitrogens is 1. The van der Waals surface area contributed by atoms with Crippen LogP contribution in [0.25, 0.3) is 10.9 Å². The predicted octanol–water partition coefficient (Wildman–Crippen LogP) is 3.14. The monoisotopic (exact) mass is 493 g/mol. The van der Waals surface area contributed by atoms with Gasteiger partial charge in [0.15, 0.2) is 0 Å². The number of carbonyl (C=O) groups is 1. The Morgan fingerprint density at radius 1 is 1.26 bits per heavy atom. The number of nitrogens with zero attached hydrogens (tertiary/aromatic N) is 2. The number of piperidine rings is 1. The lowest BCUT2D eigenvalue weighted by atomic mass is 9.69. The van der Waals surface area contributed by atoms with Crippen LogP contribution in [0.4, 0.5) is 4.79 Å². The molecule has 4 rings (SSSR count). The van der Waals surface area contributed by atoms with Crippen molar-refractivity contribution in [2.45, 2.75) is 57.6 Å². The third-order valence-corrected chi connectivity index (χ3v) is 8.80. The summed E-state index contributed by atoms with van der Waals surface area (Å²) in [5, 5.41) is 11.3. The predicted molar refractivity (Wildman–Crippen MR) is 130 cm³/mol. The number of ether oxygens (including phenoxy) is 2. The minimum absolute atomic E-state index is 0.0486. The number of rotatable bonds is 4. The van der Waals surface area contributed by atoms with Crippen LogP contribution in [0.5, 0.6) is 5.75 Å². The van der Waals surface area contributed by atoms with Crippen molar-refractivity contribution in [1.82, 2.24) is 14.2 Å². The number of aliphatic hydroxyl groups is 1. The highest BCUT2D eigenvalue weighted by molar-refractivity contribution is 7.89. The van der Waals surface area contributed by atoms with E-state index in [0.29, 0.717) is 31.7 Å². The van der Waals surface area contributed by atoms with Gasteiger partial charge in [0.1, 0.15) is 11.4 Å². The van der Waals surface area contributed by atoms with Crippen LogP contribution in [0.2, 0.25) is 0 Å². The largest absolute Gasteiger partial charge is 0.497 e. The molecule has 0 bridgehead atoms. The number of nitrogens with one attached hydrogen (secondary N) is 1. The van der Waals surface area contributed by atoms with Gasteiger partial charge in [0.2, 0.25) is 10.0 Å². The average Bonchev–Trinajstić information content (AvgIpc) is 3.17. The molecule has 9 nitrogen and oxygen atoms in total. The van der Waals surface area contributed by atoms with Crippen molar-refractivity contribution in [2.75, 3.05) is 39.1 Å². The van der Waals surface area contributed by atoms with E-state index in [2.05, 4.69) is 4.98 Å². The minimum Gasteiger partial charge on any atom is -0.497 e. The number of aromatic amines is 1. The summed E-state index contributed by atoms with van der Waals surface area (Å²) in [6.45, 7) is 8.00. The summed E-state index contributed by atoms with van der Waals surface area (Å²) < 4.78 is 38.6. The molecule has 3 heterocycles. The fourth-order valence-corrected chi connectivity index (χ4v) is 6.60. The standard InChI is InChI=1S/C24H35N3O6S/c1-6-34(30,31)27-15-24(9-11-26(12-10-24)22(29)33-23(2,3)4)20-17-8-7-16(32-5)13-18(17)25-21(20)19(27)14-28/h7-8,13,19,25,28H,6,9-12,14-15H2,1-5H3. The SMILES string of the molecule is CCS(=O)(=O)N1CC2(CCN(C(=O)OC(C)(C)C)CC2)c2c([nH]c3cc(OC)ccc23)C1CO. The highest BCUT2D eigenvalue weighted by Crippen LogP contribution is 2.49. The number of likely N-dealkylation sites (tertiary alicyclic amines) is 1. The lowest BCUT2D eigenvalue weighted by Crippen LogP contribution is -2.56. The lowest BCUT2D eigenvalue weighted by molar-refractivity contribution is 0.0132. The molecule has 188 valence electrons. The van der Waals surface area contributed by atoms with Crippen molar-refractivity contribution in [1.29, 1.82) is 0 Å². The maximum Gasteiger partial charge on any atom is 0.410 e. The molecule has 34 heavy (non-hydrogen) atoms. The zero-order chi connectivity index (χ0) is 24.9. The molecule has 1 unspecified atom stereocenters. The highest BCUT2D eigenvalue weighted by Gasteiger charge is 2.50. The molecule has 1 amide bonds.